The number of amides is 3. The second-order valence-corrected chi connectivity index (χ2v) is 7.24. The molecule has 1 saturated heterocycles. The van der Waals surface area contributed by atoms with Crippen LogP contribution in [0, 0.1) is 0 Å². The highest BCUT2D eigenvalue weighted by molar-refractivity contribution is 7.10. The summed E-state index contributed by atoms with van der Waals surface area (Å²) in [5, 5.41) is 4.66. The zero-order valence-electron chi connectivity index (χ0n) is 14.8. The van der Waals surface area contributed by atoms with Gasteiger partial charge in [-0.3, -0.25) is 9.69 Å². The molecule has 1 fully saturated rings. The number of nitrogens with one attached hydrogen (secondary N) is 1. The molecule has 7 nitrogen and oxygen atoms in total. The van der Waals surface area contributed by atoms with Crippen LogP contribution in [0.3, 0.4) is 0 Å². The van der Waals surface area contributed by atoms with Crippen molar-refractivity contribution in [2.45, 2.75) is 19.0 Å². The first kappa shape index (κ1) is 17.3. The Balaban J connectivity index is 1.53. The van der Waals surface area contributed by atoms with E-state index in [-0.39, 0.29) is 12.5 Å². The van der Waals surface area contributed by atoms with Gasteiger partial charge in [-0.05, 0) is 42.6 Å². The number of ether oxygens (including phenoxy) is 1. The topological polar surface area (TPSA) is 84.7 Å². The maximum Gasteiger partial charge on any atom is 0.325 e. The maximum absolute atomic E-state index is 12.9. The molecule has 0 bridgehead atoms. The minimum absolute atomic E-state index is 0.0469. The number of benzene rings is 1. The number of oxazole rings is 1. The van der Waals surface area contributed by atoms with Crippen LogP contribution in [-0.2, 0) is 16.9 Å². The number of carbonyl (C=O) groups excluding carboxylic acids is 2. The lowest BCUT2D eigenvalue weighted by Gasteiger charge is -2.19. The third-order valence-electron chi connectivity index (χ3n) is 4.50. The zero-order valence-corrected chi connectivity index (χ0v) is 15.6. The molecule has 1 aliphatic heterocycles. The van der Waals surface area contributed by atoms with Crippen molar-refractivity contribution < 1.29 is 18.7 Å². The Morgan fingerprint density at radius 3 is 2.70 bits per heavy atom. The first-order chi connectivity index (χ1) is 13.0. The first-order valence-electron chi connectivity index (χ1n) is 8.28. The van der Waals surface area contributed by atoms with Crippen molar-refractivity contribution in [1.82, 2.24) is 15.2 Å². The summed E-state index contributed by atoms with van der Waals surface area (Å²) in [4.78, 5) is 31.6. The van der Waals surface area contributed by atoms with Gasteiger partial charge in [0.15, 0.2) is 5.54 Å². The second-order valence-electron chi connectivity index (χ2n) is 6.30. The van der Waals surface area contributed by atoms with Gasteiger partial charge in [0.2, 0.25) is 5.89 Å². The molecular formula is C19H17N3O4S. The Labute approximate surface area is 159 Å². The van der Waals surface area contributed by atoms with Crippen LogP contribution in [0.4, 0.5) is 4.79 Å². The highest BCUT2D eigenvalue weighted by Gasteiger charge is 2.49. The van der Waals surface area contributed by atoms with E-state index in [0.717, 1.165) is 21.1 Å². The molecule has 1 aliphatic rings. The van der Waals surface area contributed by atoms with Gasteiger partial charge < -0.3 is 14.5 Å². The van der Waals surface area contributed by atoms with E-state index in [1.807, 2.05) is 41.8 Å². The van der Waals surface area contributed by atoms with E-state index in [1.165, 1.54) is 17.6 Å². The van der Waals surface area contributed by atoms with Gasteiger partial charge in [-0.15, -0.1) is 11.3 Å². The van der Waals surface area contributed by atoms with Gasteiger partial charge in [-0.25, -0.2) is 9.78 Å². The highest BCUT2D eigenvalue weighted by Crippen LogP contribution is 2.32. The molecule has 138 valence electrons. The predicted molar refractivity (Wildman–Crippen MR) is 99.2 cm³/mol. The molecule has 1 N–H and O–H groups in total. The molecule has 3 amide bonds. The molecule has 1 atom stereocenters. The van der Waals surface area contributed by atoms with Gasteiger partial charge in [0.25, 0.3) is 5.91 Å². The van der Waals surface area contributed by atoms with Crippen molar-refractivity contribution in [2.75, 3.05) is 7.11 Å². The highest BCUT2D eigenvalue weighted by atomic mass is 32.1. The largest absolute Gasteiger partial charge is 0.497 e. The van der Waals surface area contributed by atoms with E-state index in [9.17, 15) is 9.59 Å². The summed E-state index contributed by atoms with van der Waals surface area (Å²) >= 11 is 1.43. The van der Waals surface area contributed by atoms with Crippen LogP contribution in [0.5, 0.6) is 5.75 Å². The van der Waals surface area contributed by atoms with Crippen molar-refractivity contribution in [1.29, 1.82) is 0 Å². The van der Waals surface area contributed by atoms with Crippen molar-refractivity contribution in [3.8, 4) is 17.2 Å². The van der Waals surface area contributed by atoms with Crippen molar-refractivity contribution in [2.24, 2.45) is 0 Å². The number of thiophene rings is 1. The van der Waals surface area contributed by atoms with Crippen LogP contribution in [0.2, 0.25) is 0 Å². The first-order valence-corrected chi connectivity index (χ1v) is 9.16. The van der Waals surface area contributed by atoms with Crippen LogP contribution >= 0.6 is 11.3 Å². The van der Waals surface area contributed by atoms with Crippen molar-refractivity contribution in [3.05, 3.63) is 58.6 Å². The molecule has 8 heteroatoms. The molecule has 0 radical (unpaired) electrons. The van der Waals surface area contributed by atoms with Gasteiger partial charge in [-0.2, -0.15) is 0 Å². The molecule has 3 aromatic rings. The minimum Gasteiger partial charge on any atom is -0.497 e. The third-order valence-corrected chi connectivity index (χ3v) is 5.59. The number of urea groups is 1. The van der Waals surface area contributed by atoms with Crippen LogP contribution < -0.4 is 10.1 Å². The summed E-state index contributed by atoms with van der Waals surface area (Å²) in [5.41, 5.74) is 0.232. The van der Waals surface area contributed by atoms with Gasteiger partial charge in [0.05, 0.1) is 19.3 Å². The Hall–Kier alpha value is -3.13. The number of hydrogen-bond donors (Lipinski definition) is 1. The van der Waals surface area contributed by atoms with E-state index < -0.39 is 11.6 Å². The fourth-order valence-electron chi connectivity index (χ4n) is 2.98. The van der Waals surface area contributed by atoms with Crippen LogP contribution in [0.1, 0.15) is 17.5 Å². The van der Waals surface area contributed by atoms with Crippen LogP contribution in [0.25, 0.3) is 11.5 Å². The summed E-state index contributed by atoms with van der Waals surface area (Å²) in [6.07, 6.45) is 1.46. The number of nitrogens with zero attached hydrogens (tertiary/aromatic N) is 2. The quantitative estimate of drug-likeness (QED) is 0.683. The molecule has 1 aromatic carbocycles. The predicted octanol–water partition coefficient (Wildman–Crippen LogP) is 3.38. The summed E-state index contributed by atoms with van der Waals surface area (Å²) in [7, 11) is 1.60. The molecule has 27 heavy (non-hydrogen) atoms. The lowest BCUT2D eigenvalue weighted by molar-refractivity contribution is -0.131. The van der Waals surface area contributed by atoms with E-state index in [1.54, 1.807) is 14.0 Å². The van der Waals surface area contributed by atoms with Crippen LogP contribution in [-0.4, -0.2) is 28.9 Å². The van der Waals surface area contributed by atoms with E-state index in [0.29, 0.717) is 11.6 Å². The van der Waals surface area contributed by atoms with E-state index in [2.05, 4.69) is 10.3 Å². The molecule has 1 unspecified atom stereocenters. The molecule has 3 heterocycles. The normalized spacial score (nSPS) is 19.4. The molecule has 0 spiro atoms. The smallest absolute Gasteiger partial charge is 0.325 e. The molecule has 0 aliphatic carbocycles. The Bertz CT molecular complexity index is 981. The SMILES string of the molecule is COc1ccc(-c2nc(CN3C(=O)NC(C)(c4cccs4)C3=O)co2)cc1. The Kier molecular flexibility index (Phi) is 4.19. The Morgan fingerprint density at radius 2 is 2.04 bits per heavy atom. The summed E-state index contributed by atoms with van der Waals surface area (Å²) in [6.45, 7) is 1.76. The van der Waals surface area contributed by atoms with E-state index >= 15 is 0 Å². The molecule has 2 aromatic heterocycles. The van der Waals surface area contributed by atoms with Gasteiger partial charge in [0, 0.05) is 10.4 Å². The number of methoxy groups -OCH3 is 1. The fourth-order valence-corrected chi connectivity index (χ4v) is 3.81. The number of carbonyl (C=O) groups is 2. The molecule has 4 rings (SSSR count). The van der Waals surface area contributed by atoms with E-state index in [4.69, 9.17) is 9.15 Å². The van der Waals surface area contributed by atoms with Gasteiger partial charge in [0.1, 0.15) is 12.0 Å². The standard InChI is InChI=1S/C19H17N3O4S/c1-19(15-4-3-9-27-15)17(23)22(18(24)21-19)10-13-11-26-16(20-13)12-5-7-14(25-2)8-6-12/h3-9,11H,10H2,1-2H3,(H,21,24). The molecular weight excluding hydrogens is 366 g/mol. The minimum atomic E-state index is -1.05. The average molecular weight is 383 g/mol. The number of hydrogen-bond acceptors (Lipinski definition) is 6. The number of imide groups is 1. The monoisotopic (exact) mass is 383 g/mol. The lowest BCUT2D eigenvalue weighted by Crippen LogP contribution is -2.40. The summed E-state index contributed by atoms with van der Waals surface area (Å²) in [5.74, 6) is 0.849. The Morgan fingerprint density at radius 1 is 1.26 bits per heavy atom. The van der Waals surface area contributed by atoms with Crippen molar-refractivity contribution >= 4 is 23.3 Å². The summed E-state index contributed by atoms with van der Waals surface area (Å²) < 4.78 is 10.6. The van der Waals surface area contributed by atoms with Gasteiger partial charge >= 0.3 is 6.03 Å². The van der Waals surface area contributed by atoms with Gasteiger partial charge in [-0.1, -0.05) is 6.07 Å². The lowest BCUT2D eigenvalue weighted by atomic mass is 10.0. The van der Waals surface area contributed by atoms with Crippen LogP contribution in [0.15, 0.2) is 52.5 Å². The second kappa shape index (κ2) is 6.55. The maximum atomic E-state index is 12.9. The average Bonchev–Trinajstić information content (AvgIpc) is 3.41. The van der Waals surface area contributed by atoms with Crippen molar-refractivity contribution in [3.63, 3.8) is 0 Å². The summed E-state index contributed by atoms with van der Waals surface area (Å²) in [6, 6.07) is 10.5. The zero-order chi connectivity index (χ0) is 19.0. The fraction of sp³-hybridized carbons (Fsp3) is 0.211. The number of rotatable bonds is 5. The molecule has 0 saturated carbocycles. The third kappa shape index (κ3) is 2.97. The number of aromatic nitrogens is 1.